The third kappa shape index (κ3) is 1.94. The van der Waals surface area contributed by atoms with Crippen LogP contribution in [0.1, 0.15) is 39.2 Å². The fraction of sp³-hybridized carbons (Fsp3) is 0.462. The molecule has 0 aliphatic heterocycles. The van der Waals surface area contributed by atoms with Crippen LogP contribution in [0, 0.1) is 0 Å². The second-order valence-electron chi connectivity index (χ2n) is 5.96. The van der Waals surface area contributed by atoms with Crippen LogP contribution in [0.3, 0.4) is 0 Å². The van der Waals surface area contributed by atoms with Crippen molar-refractivity contribution < 1.29 is 0 Å². The zero-order chi connectivity index (χ0) is 15.4. The number of fused-ring (bicyclic) bond motifs is 3. The third-order valence-corrected chi connectivity index (χ3v) is 3.32. The molecular formula is C13H16N6O2. The lowest BCUT2D eigenvalue weighted by Gasteiger charge is -2.14. The first kappa shape index (κ1) is 13.5. The van der Waals surface area contributed by atoms with E-state index in [-0.39, 0.29) is 22.2 Å². The summed E-state index contributed by atoms with van der Waals surface area (Å²) in [5.41, 5.74) is -0.210. The van der Waals surface area contributed by atoms with Crippen molar-refractivity contribution in [3.05, 3.63) is 32.2 Å². The smallest absolute Gasteiger partial charge is 0.295 e. The summed E-state index contributed by atoms with van der Waals surface area (Å²) in [6.45, 7) is 7.53. The van der Waals surface area contributed by atoms with E-state index in [0.29, 0.717) is 23.6 Å². The molecule has 0 saturated carbocycles. The maximum absolute atomic E-state index is 12.5. The molecule has 0 aromatic carbocycles. The van der Waals surface area contributed by atoms with E-state index in [4.69, 9.17) is 0 Å². The molecule has 0 bridgehead atoms. The molecule has 0 unspecified atom stereocenters. The molecule has 8 nitrogen and oxygen atoms in total. The summed E-state index contributed by atoms with van der Waals surface area (Å²) in [4.78, 5) is 31.6. The minimum Gasteiger partial charge on any atom is -0.310 e. The minimum absolute atomic E-state index is 0.194. The molecule has 0 saturated heterocycles. The highest BCUT2D eigenvalue weighted by atomic mass is 16.1. The van der Waals surface area contributed by atoms with Crippen LogP contribution < -0.4 is 11.1 Å². The molecule has 3 aromatic heterocycles. The van der Waals surface area contributed by atoms with Gasteiger partial charge >= 0.3 is 0 Å². The fourth-order valence-electron chi connectivity index (χ4n) is 2.20. The van der Waals surface area contributed by atoms with Crippen molar-refractivity contribution >= 4 is 16.7 Å². The lowest BCUT2D eigenvalue weighted by atomic mass is 9.93. The Hall–Kier alpha value is -2.51. The Morgan fingerprint density at radius 2 is 1.90 bits per heavy atom. The van der Waals surface area contributed by atoms with Crippen LogP contribution in [0.25, 0.3) is 16.7 Å². The monoisotopic (exact) mass is 288 g/mol. The third-order valence-electron chi connectivity index (χ3n) is 3.32. The zero-order valence-electron chi connectivity index (χ0n) is 12.3. The minimum atomic E-state index is -0.434. The fourth-order valence-corrected chi connectivity index (χ4v) is 2.20. The van der Waals surface area contributed by atoms with Gasteiger partial charge < -0.3 is 4.98 Å². The highest BCUT2D eigenvalue weighted by Gasteiger charge is 2.23. The molecule has 0 aliphatic carbocycles. The van der Waals surface area contributed by atoms with Crippen LogP contribution in [-0.4, -0.2) is 29.8 Å². The Kier molecular flexibility index (Phi) is 2.72. The van der Waals surface area contributed by atoms with Crippen molar-refractivity contribution in [3.8, 4) is 0 Å². The van der Waals surface area contributed by atoms with Gasteiger partial charge in [0.25, 0.3) is 11.1 Å². The number of H-pyrrole nitrogens is 2. The topological polar surface area (TPSA) is 109 Å². The maximum atomic E-state index is 12.5. The van der Waals surface area contributed by atoms with Crippen molar-refractivity contribution in [1.82, 2.24) is 29.8 Å². The van der Waals surface area contributed by atoms with Gasteiger partial charge in [-0.3, -0.25) is 14.7 Å². The highest BCUT2D eigenvalue weighted by molar-refractivity contribution is 5.88. The Morgan fingerprint density at radius 1 is 1.19 bits per heavy atom. The van der Waals surface area contributed by atoms with E-state index in [1.54, 1.807) is 0 Å². The second kappa shape index (κ2) is 4.24. The average molecular weight is 288 g/mol. The van der Waals surface area contributed by atoms with Crippen molar-refractivity contribution in [2.24, 2.45) is 0 Å². The lowest BCUT2D eigenvalue weighted by Crippen LogP contribution is -2.30. The van der Waals surface area contributed by atoms with Crippen molar-refractivity contribution in [2.45, 2.75) is 39.5 Å². The van der Waals surface area contributed by atoms with Crippen LogP contribution in [-0.2, 0) is 11.8 Å². The van der Waals surface area contributed by atoms with Gasteiger partial charge in [0.2, 0.25) is 0 Å². The maximum Gasteiger partial charge on any atom is 0.295 e. The summed E-state index contributed by atoms with van der Waals surface area (Å²) in [5.74, 6) is 0.552. The summed E-state index contributed by atoms with van der Waals surface area (Å²) in [5, 5.41) is 11.1. The molecule has 0 spiro atoms. The molecular weight excluding hydrogens is 272 g/mol. The number of aromatic amines is 2. The van der Waals surface area contributed by atoms with E-state index in [2.05, 4.69) is 25.3 Å². The van der Waals surface area contributed by atoms with Gasteiger partial charge in [0.05, 0.1) is 0 Å². The van der Waals surface area contributed by atoms with E-state index < -0.39 is 5.41 Å². The number of nitrogens with one attached hydrogen (secondary N) is 2. The summed E-state index contributed by atoms with van der Waals surface area (Å²) in [7, 11) is 0. The number of nitrogens with zero attached hydrogens (tertiary/aromatic N) is 4. The molecule has 0 amide bonds. The molecule has 0 atom stereocenters. The first-order valence-electron chi connectivity index (χ1n) is 6.73. The van der Waals surface area contributed by atoms with Gasteiger partial charge in [-0.2, -0.15) is 4.52 Å². The van der Waals surface area contributed by atoms with Crippen molar-refractivity contribution in [2.75, 3.05) is 0 Å². The SMILES string of the molecule is CCc1nc2[nH]n3c(=O)c(C(C)(C)C)nnc3c2c(=O)[nH]1. The van der Waals surface area contributed by atoms with E-state index in [1.807, 2.05) is 27.7 Å². The van der Waals surface area contributed by atoms with E-state index in [1.165, 1.54) is 4.52 Å². The van der Waals surface area contributed by atoms with Crippen LogP contribution in [0.5, 0.6) is 0 Å². The first-order chi connectivity index (χ1) is 9.82. The molecule has 2 N–H and O–H groups in total. The second-order valence-corrected chi connectivity index (χ2v) is 5.96. The summed E-state index contributed by atoms with van der Waals surface area (Å²) < 4.78 is 1.24. The Morgan fingerprint density at radius 3 is 2.52 bits per heavy atom. The Bertz CT molecular complexity index is 957. The number of aromatic nitrogens is 6. The van der Waals surface area contributed by atoms with Crippen LogP contribution in [0.2, 0.25) is 0 Å². The molecule has 8 heteroatoms. The molecule has 21 heavy (non-hydrogen) atoms. The standard InChI is InChI=1S/C13H16N6O2/c1-5-6-14-9-7(11(20)15-6)10-17-16-8(13(2,3)4)12(21)19(10)18-9/h5H2,1-4H3,(H2,14,15,18,20). The first-order valence-corrected chi connectivity index (χ1v) is 6.73. The van der Waals surface area contributed by atoms with Gasteiger partial charge in [0.15, 0.2) is 11.3 Å². The van der Waals surface area contributed by atoms with Crippen molar-refractivity contribution in [3.63, 3.8) is 0 Å². The number of hydrogen-bond donors (Lipinski definition) is 2. The number of aryl methyl sites for hydroxylation is 1. The Balaban J connectivity index is 2.47. The Labute approximate surface area is 119 Å². The highest BCUT2D eigenvalue weighted by Crippen LogP contribution is 2.17. The van der Waals surface area contributed by atoms with Crippen LogP contribution in [0.4, 0.5) is 0 Å². The average Bonchev–Trinajstić information content (AvgIpc) is 2.77. The molecule has 3 heterocycles. The quantitative estimate of drug-likeness (QED) is 0.678. The lowest BCUT2D eigenvalue weighted by molar-refractivity contribution is 0.542. The summed E-state index contributed by atoms with van der Waals surface area (Å²) >= 11 is 0. The normalized spacial score (nSPS) is 12.4. The predicted octanol–water partition coefficient (Wildman–Crippen LogP) is 0.514. The van der Waals surface area contributed by atoms with Gasteiger partial charge in [-0.15, -0.1) is 10.2 Å². The predicted molar refractivity (Wildman–Crippen MR) is 77.6 cm³/mol. The van der Waals surface area contributed by atoms with Crippen LogP contribution >= 0.6 is 0 Å². The molecule has 3 aromatic rings. The van der Waals surface area contributed by atoms with Gasteiger partial charge in [0, 0.05) is 11.8 Å². The molecule has 0 radical (unpaired) electrons. The van der Waals surface area contributed by atoms with E-state index in [0.717, 1.165) is 0 Å². The molecule has 110 valence electrons. The molecule has 0 fully saturated rings. The molecule has 0 aliphatic rings. The van der Waals surface area contributed by atoms with Crippen molar-refractivity contribution in [1.29, 1.82) is 0 Å². The van der Waals surface area contributed by atoms with Gasteiger partial charge in [-0.05, 0) is 0 Å². The van der Waals surface area contributed by atoms with Gasteiger partial charge in [-0.25, -0.2) is 4.98 Å². The summed E-state index contributed by atoms with van der Waals surface area (Å²) in [6.07, 6.45) is 0.592. The van der Waals surface area contributed by atoms with Crippen LogP contribution in [0.15, 0.2) is 9.59 Å². The molecule has 3 rings (SSSR count). The number of rotatable bonds is 1. The van der Waals surface area contributed by atoms with E-state index in [9.17, 15) is 9.59 Å². The summed E-state index contributed by atoms with van der Waals surface area (Å²) in [6, 6.07) is 0. The van der Waals surface area contributed by atoms with E-state index >= 15 is 0 Å². The zero-order valence-corrected chi connectivity index (χ0v) is 12.3. The van der Waals surface area contributed by atoms with Gasteiger partial charge in [0.1, 0.15) is 16.9 Å². The number of hydrogen-bond acceptors (Lipinski definition) is 5. The largest absolute Gasteiger partial charge is 0.310 e. The van der Waals surface area contributed by atoms with Gasteiger partial charge in [-0.1, -0.05) is 27.7 Å².